The summed E-state index contributed by atoms with van der Waals surface area (Å²) in [4.78, 5) is 11.5. The van der Waals surface area contributed by atoms with Crippen molar-refractivity contribution in [2.24, 2.45) is 0 Å². The van der Waals surface area contributed by atoms with Crippen LogP contribution in [0.5, 0.6) is 0 Å². The Morgan fingerprint density at radius 2 is 2.19 bits per heavy atom. The van der Waals surface area contributed by atoms with Gasteiger partial charge in [0.25, 0.3) is 5.91 Å². The molecule has 1 N–H and O–H groups in total. The predicted octanol–water partition coefficient (Wildman–Crippen LogP) is 2.67. The average molecular weight is 289 g/mol. The van der Waals surface area contributed by atoms with Gasteiger partial charge in [0.05, 0.1) is 0 Å². The molecule has 0 aliphatic carbocycles. The van der Waals surface area contributed by atoms with Crippen LogP contribution in [0.2, 0.25) is 0 Å². The van der Waals surface area contributed by atoms with Gasteiger partial charge in [0.1, 0.15) is 5.76 Å². The van der Waals surface area contributed by atoms with Crippen LogP contribution in [0.15, 0.2) is 10.6 Å². The molecular formula is C11H17BrN2O2. The van der Waals surface area contributed by atoms with E-state index < -0.39 is 0 Å². The van der Waals surface area contributed by atoms with Gasteiger partial charge in [0, 0.05) is 17.9 Å². The fraction of sp³-hybridized carbons (Fsp3) is 0.636. The molecule has 16 heavy (non-hydrogen) atoms. The van der Waals surface area contributed by atoms with Gasteiger partial charge in [-0.05, 0) is 19.8 Å². The van der Waals surface area contributed by atoms with Crippen LogP contribution in [0.4, 0.5) is 0 Å². The average Bonchev–Trinajstić information content (AvgIpc) is 2.70. The molecule has 0 aliphatic heterocycles. The van der Waals surface area contributed by atoms with E-state index in [-0.39, 0.29) is 5.91 Å². The smallest absolute Gasteiger partial charge is 0.273 e. The molecule has 1 amide bonds. The largest absolute Gasteiger partial charge is 0.361 e. The summed E-state index contributed by atoms with van der Waals surface area (Å²) >= 11 is 3.39. The first-order chi connectivity index (χ1) is 7.74. The van der Waals surface area contributed by atoms with Crippen molar-refractivity contribution >= 4 is 21.8 Å². The van der Waals surface area contributed by atoms with Crippen LogP contribution in [0.3, 0.4) is 0 Å². The normalized spacial score (nSPS) is 10.4. The molecule has 0 aromatic carbocycles. The van der Waals surface area contributed by atoms with Gasteiger partial charge in [0.2, 0.25) is 0 Å². The van der Waals surface area contributed by atoms with E-state index in [0.29, 0.717) is 18.0 Å². The van der Waals surface area contributed by atoms with Crippen LogP contribution in [0, 0.1) is 6.92 Å². The van der Waals surface area contributed by atoms with Crippen LogP contribution < -0.4 is 5.32 Å². The minimum Gasteiger partial charge on any atom is -0.361 e. The van der Waals surface area contributed by atoms with Crippen molar-refractivity contribution in [3.05, 3.63) is 17.5 Å². The molecular weight excluding hydrogens is 272 g/mol. The highest BCUT2D eigenvalue weighted by atomic mass is 79.9. The quantitative estimate of drug-likeness (QED) is 0.620. The van der Waals surface area contributed by atoms with E-state index >= 15 is 0 Å². The first kappa shape index (κ1) is 13.2. The number of rotatable bonds is 7. The molecule has 0 aliphatic rings. The standard InChI is InChI=1S/C11H17BrN2O2/c1-9-8-10(14-16-9)11(15)13-7-5-3-2-4-6-12/h8H,2-7H2,1H3,(H,13,15). The van der Waals surface area contributed by atoms with E-state index in [1.807, 2.05) is 0 Å². The molecule has 0 spiro atoms. The summed E-state index contributed by atoms with van der Waals surface area (Å²) in [6, 6.07) is 1.64. The number of aromatic nitrogens is 1. The number of nitrogens with one attached hydrogen (secondary N) is 1. The van der Waals surface area contributed by atoms with Crippen molar-refractivity contribution in [2.45, 2.75) is 32.6 Å². The summed E-state index contributed by atoms with van der Waals surface area (Å²) in [5.41, 5.74) is 0.359. The molecule has 1 heterocycles. The van der Waals surface area contributed by atoms with Crippen LogP contribution in [0.1, 0.15) is 41.9 Å². The molecule has 4 nitrogen and oxygen atoms in total. The van der Waals surface area contributed by atoms with E-state index in [9.17, 15) is 4.79 Å². The fourth-order valence-electron chi connectivity index (χ4n) is 1.34. The lowest BCUT2D eigenvalue weighted by molar-refractivity contribution is 0.0944. The lowest BCUT2D eigenvalue weighted by Gasteiger charge is -2.02. The first-order valence-electron chi connectivity index (χ1n) is 5.51. The van der Waals surface area contributed by atoms with Gasteiger partial charge < -0.3 is 9.84 Å². The molecule has 1 aromatic rings. The minimum absolute atomic E-state index is 0.155. The number of aryl methyl sites for hydroxylation is 1. The van der Waals surface area contributed by atoms with Crippen molar-refractivity contribution in [3.63, 3.8) is 0 Å². The Labute approximate surface area is 104 Å². The molecule has 0 fully saturated rings. The highest BCUT2D eigenvalue weighted by Crippen LogP contribution is 2.03. The minimum atomic E-state index is -0.155. The van der Waals surface area contributed by atoms with Gasteiger partial charge in [-0.3, -0.25) is 4.79 Å². The van der Waals surface area contributed by atoms with Gasteiger partial charge in [-0.2, -0.15) is 0 Å². The molecule has 0 unspecified atom stereocenters. The Morgan fingerprint density at radius 1 is 1.44 bits per heavy atom. The van der Waals surface area contributed by atoms with Gasteiger partial charge in [0.15, 0.2) is 5.69 Å². The Hall–Kier alpha value is -0.840. The highest BCUT2D eigenvalue weighted by molar-refractivity contribution is 9.09. The third-order valence-corrected chi connectivity index (χ3v) is 2.77. The van der Waals surface area contributed by atoms with E-state index in [1.54, 1.807) is 13.0 Å². The number of alkyl halides is 1. The summed E-state index contributed by atoms with van der Waals surface area (Å²) in [5, 5.41) is 7.52. The predicted molar refractivity (Wildman–Crippen MR) is 65.8 cm³/mol. The maximum Gasteiger partial charge on any atom is 0.273 e. The van der Waals surface area contributed by atoms with Crippen LogP contribution >= 0.6 is 15.9 Å². The van der Waals surface area contributed by atoms with Gasteiger partial charge in [-0.1, -0.05) is 33.9 Å². The number of amides is 1. The van der Waals surface area contributed by atoms with Crippen molar-refractivity contribution in [3.8, 4) is 0 Å². The number of unbranched alkanes of at least 4 members (excludes halogenated alkanes) is 3. The Bertz CT molecular complexity index is 326. The summed E-state index contributed by atoms with van der Waals surface area (Å²) < 4.78 is 4.83. The second kappa shape index (κ2) is 7.44. The zero-order valence-electron chi connectivity index (χ0n) is 9.46. The maximum atomic E-state index is 11.5. The molecule has 0 atom stereocenters. The SMILES string of the molecule is Cc1cc(C(=O)NCCCCCCBr)no1. The van der Waals surface area contributed by atoms with Crippen LogP contribution in [-0.2, 0) is 0 Å². The second-order valence-corrected chi connectivity index (χ2v) is 4.47. The van der Waals surface area contributed by atoms with Crippen molar-refractivity contribution in [1.29, 1.82) is 0 Å². The van der Waals surface area contributed by atoms with Crippen molar-refractivity contribution in [2.75, 3.05) is 11.9 Å². The number of nitrogens with zero attached hydrogens (tertiary/aromatic N) is 1. The van der Waals surface area contributed by atoms with E-state index in [1.165, 1.54) is 12.8 Å². The van der Waals surface area contributed by atoms with Gasteiger partial charge in [-0.25, -0.2) is 0 Å². The Morgan fingerprint density at radius 3 is 2.81 bits per heavy atom. The molecule has 0 radical (unpaired) electrons. The van der Waals surface area contributed by atoms with Crippen LogP contribution in [-0.4, -0.2) is 22.9 Å². The molecule has 90 valence electrons. The summed E-state index contributed by atoms with van der Waals surface area (Å²) in [7, 11) is 0. The van der Waals surface area contributed by atoms with E-state index in [4.69, 9.17) is 4.52 Å². The third-order valence-electron chi connectivity index (χ3n) is 2.21. The zero-order chi connectivity index (χ0) is 11.8. The Balaban J connectivity index is 2.11. The number of carbonyl (C=O) groups excluding carboxylic acids is 1. The number of carbonyl (C=O) groups is 1. The monoisotopic (exact) mass is 288 g/mol. The lowest BCUT2D eigenvalue weighted by atomic mass is 10.2. The maximum absolute atomic E-state index is 11.5. The van der Waals surface area contributed by atoms with Crippen LogP contribution in [0.25, 0.3) is 0 Å². The molecule has 1 aromatic heterocycles. The first-order valence-corrected chi connectivity index (χ1v) is 6.63. The summed E-state index contributed by atoms with van der Waals surface area (Å²) in [6.07, 6.45) is 4.54. The number of hydrogen-bond donors (Lipinski definition) is 1. The van der Waals surface area contributed by atoms with Crippen molar-refractivity contribution in [1.82, 2.24) is 10.5 Å². The van der Waals surface area contributed by atoms with E-state index in [2.05, 4.69) is 26.4 Å². The summed E-state index contributed by atoms with van der Waals surface area (Å²) in [5.74, 6) is 0.500. The fourth-order valence-corrected chi connectivity index (χ4v) is 1.74. The molecule has 0 saturated carbocycles. The highest BCUT2D eigenvalue weighted by Gasteiger charge is 2.09. The lowest BCUT2D eigenvalue weighted by Crippen LogP contribution is -2.24. The van der Waals surface area contributed by atoms with E-state index in [0.717, 1.165) is 18.2 Å². The second-order valence-electron chi connectivity index (χ2n) is 3.68. The molecule has 0 bridgehead atoms. The molecule has 5 heteroatoms. The van der Waals surface area contributed by atoms with Gasteiger partial charge in [-0.15, -0.1) is 0 Å². The van der Waals surface area contributed by atoms with Crippen molar-refractivity contribution < 1.29 is 9.32 Å². The number of hydrogen-bond acceptors (Lipinski definition) is 3. The third kappa shape index (κ3) is 4.79. The number of halogens is 1. The Kier molecular flexibility index (Phi) is 6.15. The topological polar surface area (TPSA) is 55.1 Å². The molecule has 1 rings (SSSR count). The zero-order valence-corrected chi connectivity index (χ0v) is 11.0. The van der Waals surface area contributed by atoms with Gasteiger partial charge >= 0.3 is 0 Å². The molecule has 0 saturated heterocycles. The summed E-state index contributed by atoms with van der Waals surface area (Å²) in [6.45, 7) is 2.47.